The molecule has 0 aromatic heterocycles. The number of carbonyl (C=O) groups excluding carboxylic acids is 2. The molecule has 2 N–H and O–H groups in total. The van der Waals surface area contributed by atoms with Gasteiger partial charge in [0.15, 0.2) is 6.04 Å². The molecule has 4 rings (SSSR count). The van der Waals surface area contributed by atoms with Crippen LogP contribution in [0.5, 0.6) is 5.75 Å². The van der Waals surface area contributed by atoms with E-state index in [-0.39, 0.29) is 11.8 Å². The van der Waals surface area contributed by atoms with Gasteiger partial charge in [0.1, 0.15) is 5.75 Å². The lowest BCUT2D eigenvalue weighted by molar-refractivity contribution is -0.596. The van der Waals surface area contributed by atoms with Crippen LogP contribution in [0, 0.1) is 0 Å². The van der Waals surface area contributed by atoms with Crippen LogP contribution in [0.25, 0.3) is 0 Å². The largest absolute Gasteiger partial charge is 0.497 e. The van der Waals surface area contributed by atoms with E-state index in [9.17, 15) is 9.59 Å². The number of nitrogens with zero attached hydrogens (tertiary/aromatic N) is 1. The van der Waals surface area contributed by atoms with E-state index in [0.717, 1.165) is 15.6 Å². The third-order valence-corrected chi connectivity index (χ3v) is 5.60. The third-order valence-electron chi connectivity index (χ3n) is 5.08. The summed E-state index contributed by atoms with van der Waals surface area (Å²) in [5.74, 6) is 0.137. The minimum Gasteiger partial charge on any atom is -0.497 e. The van der Waals surface area contributed by atoms with E-state index in [0.29, 0.717) is 11.3 Å². The van der Waals surface area contributed by atoms with E-state index in [1.807, 2.05) is 60.8 Å². The molecule has 1 fully saturated rings. The summed E-state index contributed by atoms with van der Waals surface area (Å²) in [6.07, 6.45) is 1.86. The Morgan fingerprint density at radius 1 is 1.03 bits per heavy atom. The van der Waals surface area contributed by atoms with Crippen LogP contribution in [0.15, 0.2) is 83.3 Å². The zero-order valence-corrected chi connectivity index (χ0v) is 18.4. The second kappa shape index (κ2) is 9.14. The molecule has 2 amide bonds. The summed E-state index contributed by atoms with van der Waals surface area (Å²) < 4.78 is 7.96. The lowest BCUT2D eigenvalue weighted by atomic mass is 9.99. The molecule has 2 atom stereocenters. The first-order valence-corrected chi connectivity index (χ1v) is 10.5. The summed E-state index contributed by atoms with van der Waals surface area (Å²) in [4.78, 5) is 25.7. The van der Waals surface area contributed by atoms with Crippen LogP contribution < -0.4 is 15.5 Å². The number of rotatable bonds is 5. The van der Waals surface area contributed by atoms with Crippen molar-refractivity contribution in [3.8, 4) is 5.75 Å². The van der Waals surface area contributed by atoms with Crippen molar-refractivity contribution in [2.75, 3.05) is 7.11 Å². The van der Waals surface area contributed by atoms with Gasteiger partial charge in [0.05, 0.1) is 7.11 Å². The second-order valence-corrected chi connectivity index (χ2v) is 8.01. The maximum absolute atomic E-state index is 12.9. The Morgan fingerprint density at radius 2 is 1.71 bits per heavy atom. The summed E-state index contributed by atoms with van der Waals surface area (Å²) in [5, 5.41) is 2.90. The summed E-state index contributed by atoms with van der Waals surface area (Å²) >= 11 is 3.43. The molecule has 1 aliphatic rings. The quantitative estimate of drug-likeness (QED) is 0.551. The normalized spacial score (nSPS) is 19.2. The van der Waals surface area contributed by atoms with Gasteiger partial charge >= 0.3 is 5.91 Å². The zero-order chi connectivity index (χ0) is 21.8. The Labute approximate surface area is 188 Å². The number of methoxy groups -OCH3 is 1. The smallest absolute Gasteiger partial charge is 0.304 e. The lowest BCUT2D eigenvalue weighted by Gasteiger charge is -2.15. The first-order chi connectivity index (χ1) is 15.0. The van der Waals surface area contributed by atoms with Gasteiger partial charge in [-0.2, -0.15) is 0 Å². The Bertz CT molecular complexity index is 1110. The number of amides is 2. The van der Waals surface area contributed by atoms with Gasteiger partial charge in [0, 0.05) is 21.2 Å². The fraction of sp³-hybridized carbons (Fsp3) is 0.125. The van der Waals surface area contributed by atoms with E-state index in [1.165, 1.54) is 0 Å². The van der Waals surface area contributed by atoms with Gasteiger partial charge in [-0.05, 0) is 60.7 Å². The third kappa shape index (κ3) is 4.67. The van der Waals surface area contributed by atoms with Gasteiger partial charge in [-0.25, -0.2) is 0 Å². The van der Waals surface area contributed by atoms with Crippen molar-refractivity contribution in [3.05, 3.63) is 100 Å². The molecule has 3 aromatic rings. The van der Waals surface area contributed by atoms with Crippen LogP contribution in [0.2, 0.25) is 0 Å². The van der Waals surface area contributed by atoms with Gasteiger partial charge in [-0.3, -0.25) is 9.59 Å². The van der Waals surface area contributed by atoms with Crippen molar-refractivity contribution in [2.24, 2.45) is 0 Å². The first-order valence-electron chi connectivity index (χ1n) is 9.74. The van der Waals surface area contributed by atoms with E-state index in [4.69, 9.17) is 4.74 Å². The van der Waals surface area contributed by atoms with Crippen molar-refractivity contribution in [3.63, 3.8) is 0 Å². The van der Waals surface area contributed by atoms with Gasteiger partial charge in [0.2, 0.25) is 12.3 Å². The number of hydrogen-bond acceptors (Lipinski definition) is 3. The Balaban J connectivity index is 1.70. The first kappa shape index (κ1) is 20.8. The molecule has 31 heavy (non-hydrogen) atoms. The summed E-state index contributed by atoms with van der Waals surface area (Å²) in [7, 11) is 1.60. The number of halogens is 1. The number of ether oxygens (including phenoxy) is 1. The number of hydrogen-bond donors (Lipinski definition) is 2. The molecule has 0 aliphatic carbocycles. The minimum atomic E-state index is -0.771. The molecule has 7 heteroatoms. The van der Waals surface area contributed by atoms with Crippen molar-refractivity contribution in [1.29, 1.82) is 0 Å². The summed E-state index contributed by atoms with van der Waals surface area (Å²) in [5.41, 5.74) is 5.16. The molecule has 6 nitrogen and oxygen atoms in total. The topological polar surface area (TPSA) is 70.4 Å². The Hall–Kier alpha value is -3.45. The lowest BCUT2D eigenvalue weighted by Crippen LogP contribution is -2.42. The maximum atomic E-state index is 12.9. The molecule has 1 heterocycles. The molecular formula is C24H21BrN3O3+. The molecule has 0 spiro atoms. The van der Waals surface area contributed by atoms with Crippen molar-refractivity contribution in [2.45, 2.75) is 12.1 Å². The van der Waals surface area contributed by atoms with E-state index in [1.54, 1.807) is 36.1 Å². The average Bonchev–Trinajstić information content (AvgIpc) is 3.10. The molecule has 1 saturated heterocycles. The SMILES string of the molecule is COc1ccc(C2C(NC(=O)c3ccccc3)C(=O)N[N+]2=Cc2ccc(Br)cc2)cc1. The number of nitrogens with one attached hydrogen (secondary N) is 2. The van der Waals surface area contributed by atoms with Crippen molar-refractivity contribution < 1.29 is 19.0 Å². The Kier molecular flexibility index (Phi) is 6.13. The highest BCUT2D eigenvalue weighted by Crippen LogP contribution is 2.27. The average molecular weight is 479 g/mol. The van der Waals surface area contributed by atoms with Gasteiger partial charge in [-0.1, -0.05) is 34.1 Å². The molecule has 3 aromatic carbocycles. The van der Waals surface area contributed by atoms with Gasteiger partial charge < -0.3 is 10.1 Å². The van der Waals surface area contributed by atoms with E-state index in [2.05, 4.69) is 26.7 Å². The molecule has 0 saturated carbocycles. The molecule has 0 radical (unpaired) electrons. The highest BCUT2D eigenvalue weighted by molar-refractivity contribution is 9.10. The predicted octanol–water partition coefficient (Wildman–Crippen LogP) is 3.47. The standard InChI is InChI=1S/C24H20BrN3O3/c1-31-20-13-9-17(10-14-20)22-21(26-23(29)18-5-3-2-4-6-18)24(30)27-28(22)15-16-7-11-19(25)12-8-16/h2-15,21-22H,1H3,(H-,26,27,29,30)/p+1. The highest BCUT2D eigenvalue weighted by atomic mass is 79.9. The predicted molar refractivity (Wildman–Crippen MR) is 121 cm³/mol. The van der Waals surface area contributed by atoms with E-state index >= 15 is 0 Å². The molecule has 2 unspecified atom stereocenters. The molecule has 156 valence electrons. The highest BCUT2D eigenvalue weighted by Gasteiger charge is 2.47. The number of benzene rings is 3. The van der Waals surface area contributed by atoms with Crippen molar-refractivity contribution >= 4 is 34.0 Å². The molecule has 1 aliphatic heterocycles. The van der Waals surface area contributed by atoms with Crippen LogP contribution in [0.3, 0.4) is 0 Å². The maximum Gasteiger partial charge on any atom is 0.304 e. The number of carbonyl (C=O) groups is 2. The fourth-order valence-electron chi connectivity index (χ4n) is 3.51. The molecular weight excluding hydrogens is 458 g/mol. The van der Waals surface area contributed by atoms with Crippen LogP contribution >= 0.6 is 15.9 Å². The summed E-state index contributed by atoms with van der Waals surface area (Å²) in [6, 6.07) is 22.9. The Morgan fingerprint density at radius 3 is 2.35 bits per heavy atom. The van der Waals surface area contributed by atoms with Gasteiger partial charge in [0.25, 0.3) is 5.91 Å². The monoisotopic (exact) mass is 478 g/mol. The van der Waals surface area contributed by atoms with Crippen molar-refractivity contribution in [1.82, 2.24) is 10.7 Å². The molecule has 0 bridgehead atoms. The second-order valence-electron chi connectivity index (χ2n) is 7.10. The number of hydrazone groups is 1. The number of hydrazine groups is 1. The van der Waals surface area contributed by atoms with Crippen LogP contribution in [0.4, 0.5) is 0 Å². The zero-order valence-electron chi connectivity index (χ0n) is 16.8. The van der Waals surface area contributed by atoms with E-state index < -0.39 is 12.1 Å². The van der Waals surface area contributed by atoms with Gasteiger partial charge in [-0.15, -0.1) is 10.1 Å². The van der Waals surface area contributed by atoms with Crippen LogP contribution in [-0.4, -0.2) is 35.9 Å². The van der Waals surface area contributed by atoms with Crippen LogP contribution in [0.1, 0.15) is 27.5 Å². The van der Waals surface area contributed by atoms with Crippen LogP contribution in [-0.2, 0) is 4.79 Å². The minimum absolute atomic E-state index is 0.279. The fourth-order valence-corrected chi connectivity index (χ4v) is 3.77. The summed E-state index contributed by atoms with van der Waals surface area (Å²) in [6.45, 7) is 0.